The largest absolute Gasteiger partial charge is 2.00 e. The molecule has 2 aromatic rings. The SMILES string of the molecule is Cc1cc(C)c(C2=C(OCc3ccccc3)C3(CC[CH-]CC3)OC2=O)c(C)c1.[CH2-]CN1CCN(CCOCCOCC(=O)O)CC1.[CH2-]COC[CH2-].[U+2].[U+2]. The van der Waals surface area contributed by atoms with Crippen molar-refractivity contribution in [1.82, 2.24) is 9.80 Å². The third kappa shape index (κ3) is 16.8. The summed E-state index contributed by atoms with van der Waals surface area (Å²) in [6, 6.07) is 14.3. The van der Waals surface area contributed by atoms with Crippen LogP contribution in [0.4, 0.5) is 0 Å². The molecule has 2 aromatic carbocycles. The third-order valence-electron chi connectivity index (χ3n) is 9.01. The molecule has 3 aliphatic rings. The van der Waals surface area contributed by atoms with Crippen molar-refractivity contribution in [1.29, 1.82) is 0 Å². The van der Waals surface area contributed by atoms with E-state index in [2.05, 4.69) is 74.6 Å². The van der Waals surface area contributed by atoms with Gasteiger partial charge in [-0.25, -0.2) is 9.59 Å². The number of aliphatic carboxylic acids is 1. The number of hydrogen-bond acceptors (Lipinski definition) is 9. The Balaban J connectivity index is 0.000000487. The van der Waals surface area contributed by atoms with Gasteiger partial charge in [-0.15, -0.1) is 6.54 Å². The minimum absolute atomic E-state index is 0. The molecule has 2 fully saturated rings. The number of esters is 1. The summed E-state index contributed by atoms with van der Waals surface area (Å²) in [5, 5.41) is 8.35. The molecule has 10 nitrogen and oxygen atoms in total. The van der Waals surface area contributed by atoms with Crippen molar-refractivity contribution in [3.8, 4) is 0 Å². The van der Waals surface area contributed by atoms with E-state index in [1.54, 1.807) is 0 Å². The average molecular weight is 1180 g/mol. The fourth-order valence-corrected chi connectivity index (χ4v) is 6.50. The van der Waals surface area contributed by atoms with Crippen LogP contribution in [-0.4, -0.2) is 111 Å². The van der Waals surface area contributed by atoms with Crippen molar-refractivity contribution < 1.29 is 101 Å². The van der Waals surface area contributed by atoms with Gasteiger partial charge in [-0.05, 0) is 55.9 Å². The number of benzene rings is 2. The Labute approximate surface area is 365 Å². The number of rotatable bonds is 15. The first-order valence-electron chi connectivity index (χ1n) is 18.0. The van der Waals surface area contributed by atoms with Crippen LogP contribution < -0.4 is 0 Å². The molecule has 2 heterocycles. The van der Waals surface area contributed by atoms with E-state index in [9.17, 15) is 9.59 Å². The first-order valence-corrected chi connectivity index (χ1v) is 18.0. The van der Waals surface area contributed by atoms with Gasteiger partial charge in [-0.3, -0.25) is 4.90 Å². The molecule has 0 aromatic heterocycles. The molecule has 0 bridgehead atoms. The summed E-state index contributed by atoms with van der Waals surface area (Å²) in [5.41, 5.74) is 5.41. The number of carboxylic acids is 1. The van der Waals surface area contributed by atoms with Gasteiger partial charge < -0.3 is 60.9 Å². The number of carboxylic acid groups (broad SMARTS) is 1. The monoisotopic (exact) mass is 1180 g/mol. The topological polar surface area (TPSA) is 107 Å². The summed E-state index contributed by atoms with van der Waals surface area (Å²) in [6.07, 6.45) is 5.72. The molecule has 1 saturated carbocycles. The van der Waals surface area contributed by atoms with Crippen LogP contribution >= 0.6 is 0 Å². The van der Waals surface area contributed by atoms with Gasteiger partial charge in [0.25, 0.3) is 0 Å². The Morgan fingerprint density at radius 3 is 2.00 bits per heavy atom. The van der Waals surface area contributed by atoms with Gasteiger partial charge >= 0.3 is 74.2 Å². The van der Waals surface area contributed by atoms with E-state index in [1.807, 2.05) is 30.3 Å². The maximum atomic E-state index is 13.1. The number of aryl methyl sites for hydroxylation is 3. The van der Waals surface area contributed by atoms with Crippen LogP contribution in [0.3, 0.4) is 0 Å². The average Bonchev–Trinajstić information content (AvgIpc) is 3.37. The maximum Gasteiger partial charge on any atom is 2.00 e. The molecule has 1 aliphatic carbocycles. The molecule has 53 heavy (non-hydrogen) atoms. The molecule has 0 amide bonds. The van der Waals surface area contributed by atoms with Crippen LogP contribution in [0.25, 0.3) is 5.57 Å². The third-order valence-corrected chi connectivity index (χ3v) is 9.01. The summed E-state index contributed by atoms with van der Waals surface area (Å²) >= 11 is 0. The van der Waals surface area contributed by atoms with E-state index in [0.717, 1.165) is 93.0 Å². The second kappa shape index (κ2) is 27.4. The second-order valence-electron chi connectivity index (χ2n) is 12.9. The molecule has 1 N–H and O–H groups in total. The van der Waals surface area contributed by atoms with E-state index in [-0.39, 0.29) is 74.8 Å². The van der Waals surface area contributed by atoms with E-state index >= 15 is 0 Å². The minimum Gasteiger partial charge on any atom is -0.488 e. The maximum absolute atomic E-state index is 13.1. The van der Waals surface area contributed by atoms with Crippen molar-refractivity contribution >= 4 is 17.5 Å². The van der Waals surface area contributed by atoms with Crippen molar-refractivity contribution in [2.45, 2.75) is 58.7 Å². The quantitative estimate of drug-likeness (QED) is 0.133. The summed E-state index contributed by atoms with van der Waals surface area (Å²) < 4.78 is 27.3. The predicted octanol–water partition coefficient (Wildman–Crippen LogP) is 5.84. The molecule has 0 radical (unpaired) electrons. The Hall–Kier alpha value is -1.18. The standard InChI is InChI=1S/C25H27O3.C12H23N2O4.C4H8O.2U/c1-17-14-18(2)21(19(3)15-17)22-23(27-16-20-10-6-4-7-11-20)25(28-24(22)26)12-8-5-9-13-25;1-2-13-3-5-14(6-4-13)7-8-17-9-10-18-11-12(15)16;1-3-5-4-2;;/h4-7,10-11,14-15H,8-9,12-13,16H2,1-3H3;1-11H2,(H,15,16);1-4H2;;/q2*-1;-2;2*+2. The fourth-order valence-electron chi connectivity index (χ4n) is 6.50. The molecule has 5 rings (SSSR count). The summed E-state index contributed by atoms with van der Waals surface area (Å²) in [6.45, 7) is 25.7. The molecule has 0 unspecified atom stereocenters. The van der Waals surface area contributed by atoms with Crippen molar-refractivity contribution in [3.05, 3.63) is 103 Å². The van der Waals surface area contributed by atoms with Crippen molar-refractivity contribution in [2.75, 3.05) is 78.9 Å². The van der Waals surface area contributed by atoms with Crippen molar-refractivity contribution in [2.24, 2.45) is 0 Å². The Bertz CT molecular complexity index is 1350. The zero-order chi connectivity index (χ0) is 37.1. The number of carbonyl (C=O) groups is 2. The fraction of sp³-hybridized carbons (Fsp3) is 0.512. The van der Waals surface area contributed by atoms with Gasteiger partial charge in [-0.2, -0.15) is 12.8 Å². The zero-order valence-electron chi connectivity index (χ0n) is 32.0. The van der Waals surface area contributed by atoms with Gasteiger partial charge in [0.2, 0.25) is 0 Å². The van der Waals surface area contributed by atoms with E-state index < -0.39 is 11.6 Å². The molecule has 288 valence electrons. The van der Waals surface area contributed by atoms with Crippen LogP contribution in [0.2, 0.25) is 0 Å². The van der Waals surface area contributed by atoms with E-state index in [1.165, 1.54) is 5.56 Å². The second-order valence-corrected chi connectivity index (χ2v) is 12.9. The van der Waals surface area contributed by atoms with Crippen LogP contribution in [0.1, 0.15) is 53.5 Å². The summed E-state index contributed by atoms with van der Waals surface area (Å²) in [7, 11) is 0. The minimum atomic E-state index is -0.946. The number of hydrogen-bond donors (Lipinski definition) is 1. The normalized spacial score (nSPS) is 16.7. The van der Waals surface area contributed by atoms with Gasteiger partial charge in [-0.1, -0.05) is 61.2 Å². The number of carbonyl (C=O) groups excluding carboxylic acids is 1. The first kappa shape index (κ1) is 49.8. The Kier molecular flexibility index (Phi) is 25.8. The molecule has 0 atom stereocenters. The van der Waals surface area contributed by atoms with Gasteiger partial charge in [0.15, 0.2) is 11.4 Å². The van der Waals surface area contributed by atoms with Gasteiger partial charge in [0.1, 0.15) is 18.8 Å². The van der Waals surface area contributed by atoms with Crippen LogP contribution in [0, 0.1) is 110 Å². The summed E-state index contributed by atoms with van der Waals surface area (Å²) in [4.78, 5) is 27.9. The smallest absolute Gasteiger partial charge is 0.488 e. The Morgan fingerprint density at radius 1 is 0.868 bits per heavy atom. The molecule has 2 aliphatic heterocycles. The number of piperazine rings is 1. The number of ether oxygens (including phenoxy) is 5. The van der Waals surface area contributed by atoms with Crippen LogP contribution in [0.15, 0.2) is 48.2 Å². The van der Waals surface area contributed by atoms with E-state index in [4.69, 9.17) is 24.1 Å². The van der Waals surface area contributed by atoms with Gasteiger partial charge in [0.05, 0.1) is 19.8 Å². The molecular weight excluding hydrogens is 1120 g/mol. The molecule has 1 spiro atoms. The molecule has 12 heteroatoms. The van der Waals surface area contributed by atoms with Crippen LogP contribution in [0.5, 0.6) is 0 Å². The number of nitrogens with zero attached hydrogens (tertiary/aromatic N) is 2. The molecular formula is C41H58N2O8U2. The summed E-state index contributed by atoms with van der Waals surface area (Å²) in [5.74, 6) is -0.470. The predicted molar refractivity (Wildman–Crippen MR) is 199 cm³/mol. The van der Waals surface area contributed by atoms with E-state index in [0.29, 0.717) is 45.2 Å². The van der Waals surface area contributed by atoms with Gasteiger partial charge in [0, 0.05) is 32.7 Å². The Morgan fingerprint density at radius 2 is 1.45 bits per heavy atom. The first-order chi connectivity index (χ1) is 24.6. The van der Waals surface area contributed by atoms with Crippen LogP contribution in [-0.2, 0) is 39.9 Å². The van der Waals surface area contributed by atoms with Crippen molar-refractivity contribution in [3.63, 3.8) is 0 Å². The molecule has 1 saturated heterocycles. The zero-order valence-corrected chi connectivity index (χ0v) is 40.3.